The van der Waals surface area contributed by atoms with Crippen molar-refractivity contribution in [2.45, 2.75) is 18.5 Å². The Bertz CT molecular complexity index is 1130. The Morgan fingerprint density at radius 3 is 1.94 bits per heavy atom. The number of halogens is 12. The van der Waals surface area contributed by atoms with Crippen LogP contribution in [0.1, 0.15) is 16.3 Å². The molecule has 0 spiro atoms. The van der Waals surface area contributed by atoms with Gasteiger partial charge < -0.3 is 0 Å². The van der Waals surface area contributed by atoms with Crippen LogP contribution in [0, 0.1) is 17.9 Å². The van der Waals surface area contributed by atoms with Gasteiger partial charge in [0.2, 0.25) is 0 Å². The molecule has 0 atom stereocenters. The summed E-state index contributed by atoms with van der Waals surface area (Å²) in [6.07, 6.45) is -14.3. The second kappa shape index (κ2) is 9.54. The third-order valence-electron chi connectivity index (χ3n) is 3.05. The van der Waals surface area contributed by atoms with Gasteiger partial charge in [-0.25, -0.2) is 0 Å². The van der Waals surface area contributed by atoms with E-state index in [4.69, 9.17) is 0 Å². The fraction of sp³-hybridized carbons (Fsp3) is 0.214. The zero-order valence-corrected chi connectivity index (χ0v) is 21.7. The van der Waals surface area contributed by atoms with Gasteiger partial charge in [-0.2, -0.15) is 0 Å². The first-order chi connectivity index (χ1) is 14.6. The van der Waals surface area contributed by atoms with Gasteiger partial charge in [-0.15, -0.1) is 0 Å². The molecule has 3 aromatic rings. The molecule has 0 bridgehead atoms. The van der Waals surface area contributed by atoms with Crippen LogP contribution in [0.2, 0.25) is 0 Å². The average Bonchev–Trinajstić information content (AvgIpc) is 3.08. The van der Waals surface area contributed by atoms with Crippen molar-refractivity contribution in [3.8, 4) is 0 Å². The van der Waals surface area contributed by atoms with Crippen LogP contribution < -0.4 is 42.4 Å². The molecule has 0 saturated carbocycles. The molecule has 0 radical (unpaired) electrons. The van der Waals surface area contributed by atoms with E-state index in [-0.39, 0.29) is 29.3 Å². The molecule has 0 fully saturated rings. The molecule has 3 aromatic heterocycles. The molecular formula is C14H3F9I3N5S-2. The van der Waals surface area contributed by atoms with Crippen molar-refractivity contribution in [2.24, 2.45) is 0 Å². The minimum absolute atomic E-state index is 0.0136. The Hall–Kier alpha value is -0.650. The van der Waals surface area contributed by atoms with Crippen molar-refractivity contribution in [2.75, 3.05) is 0 Å². The molecule has 0 N–H and O–H groups in total. The Labute approximate surface area is 210 Å². The summed E-state index contributed by atoms with van der Waals surface area (Å²) in [5.74, 6) is 0. The summed E-state index contributed by atoms with van der Waals surface area (Å²) < 4.78 is 116. The Balaban J connectivity index is 1.97. The van der Waals surface area contributed by atoms with Crippen LogP contribution in [0.3, 0.4) is 0 Å². The van der Waals surface area contributed by atoms with Crippen LogP contribution in [-0.2, 0) is 18.5 Å². The molecule has 0 amide bonds. The van der Waals surface area contributed by atoms with E-state index in [1.165, 1.54) is 0 Å². The van der Waals surface area contributed by atoms with Crippen molar-refractivity contribution >= 4 is 33.9 Å². The summed E-state index contributed by atoms with van der Waals surface area (Å²) in [6.45, 7) is 0. The maximum atomic E-state index is 13.3. The van der Waals surface area contributed by atoms with Gasteiger partial charge in [0, 0.05) is 0 Å². The van der Waals surface area contributed by atoms with Crippen LogP contribution >= 0.6 is 33.9 Å². The molecule has 0 aromatic carbocycles. The predicted molar refractivity (Wildman–Crippen MR) is 88.7 cm³/mol. The van der Waals surface area contributed by atoms with E-state index >= 15 is 0 Å². The number of aromatic nitrogens is 5. The van der Waals surface area contributed by atoms with Crippen molar-refractivity contribution in [3.05, 3.63) is 52.4 Å². The van der Waals surface area contributed by atoms with Gasteiger partial charge in [0.15, 0.2) is 0 Å². The van der Waals surface area contributed by atoms with E-state index < -0.39 is 77.2 Å². The van der Waals surface area contributed by atoms with E-state index in [2.05, 4.69) is 25.1 Å². The molecule has 176 valence electrons. The van der Waals surface area contributed by atoms with Crippen molar-refractivity contribution < 1.29 is 81.9 Å². The normalized spacial score (nSPS) is 13.2. The van der Waals surface area contributed by atoms with Gasteiger partial charge in [0.05, 0.1) is 0 Å². The van der Waals surface area contributed by atoms with Crippen molar-refractivity contribution in [1.29, 1.82) is 0 Å². The average molecular weight is 825 g/mol. The summed E-state index contributed by atoms with van der Waals surface area (Å²) in [7, 11) is 0. The zero-order chi connectivity index (χ0) is 23.9. The SMILES string of the molecule is FC(F)(F)c1cc(I)nc([I-]c2nc([I-]c3nnc(C(F)(F)F)s3)cc(C(F)(F)F)n2)c1. The van der Waals surface area contributed by atoms with Gasteiger partial charge in [0.1, 0.15) is 0 Å². The molecule has 5 nitrogen and oxygen atoms in total. The van der Waals surface area contributed by atoms with Crippen LogP contribution in [0.25, 0.3) is 0 Å². The quantitative estimate of drug-likeness (QED) is 0.107. The molecule has 0 aliphatic heterocycles. The van der Waals surface area contributed by atoms with Crippen LogP contribution in [0.5, 0.6) is 0 Å². The standard InChI is InChI=1S/C14H3F9I3N5S/c15-12(16,17)4-1-6(24)28-7(2-4)25-10-27-5(13(18,19)20)3-8(29-10)26-11-31-30-9(32-11)14(21,22)23/h1-3H/q-2. The number of hydrogen-bond donors (Lipinski definition) is 0. The Kier molecular flexibility index (Phi) is 7.74. The molecule has 18 heteroatoms. The van der Waals surface area contributed by atoms with E-state index in [9.17, 15) is 39.5 Å². The summed E-state index contributed by atoms with van der Waals surface area (Å²) >= 11 is -1.69. The third kappa shape index (κ3) is 6.93. The molecule has 0 aliphatic carbocycles. The summed E-state index contributed by atoms with van der Waals surface area (Å²) in [5.41, 5.74) is -2.36. The topological polar surface area (TPSA) is 64.5 Å². The monoisotopic (exact) mass is 825 g/mol. The molecule has 3 rings (SSSR count). The van der Waals surface area contributed by atoms with Crippen molar-refractivity contribution in [1.82, 2.24) is 25.1 Å². The van der Waals surface area contributed by atoms with Gasteiger partial charge in [-0.3, -0.25) is 0 Å². The summed E-state index contributed by atoms with van der Waals surface area (Å²) in [6, 6.07) is 2.10. The fourth-order valence-electron chi connectivity index (χ4n) is 1.83. The minimum atomic E-state index is -4.89. The third-order valence-corrected chi connectivity index (χ3v) is 9.39. The zero-order valence-electron chi connectivity index (χ0n) is 14.4. The fourth-order valence-corrected chi connectivity index (χ4v) is 8.93. The van der Waals surface area contributed by atoms with Gasteiger partial charge in [-0.05, 0) is 0 Å². The molecule has 3 heterocycles. The summed E-state index contributed by atoms with van der Waals surface area (Å²) in [5, 5.41) is 5.10. The van der Waals surface area contributed by atoms with E-state index in [1.54, 1.807) is 22.6 Å². The Morgan fingerprint density at radius 2 is 1.38 bits per heavy atom. The molecule has 32 heavy (non-hydrogen) atoms. The maximum absolute atomic E-state index is 13.3. The first-order valence-electron chi connectivity index (χ1n) is 7.52. The number of alkyl halides is 9. The second-order valence-electron chi connectivity index (χ2n) is 5.39. The first-order valence-corrected chi connectivity index (χ1v) is 13.7. The van der Waals surface area contributed by atoms with E-state index in [0.717, 1.165) is 6.07 Å². The van der Waals surface area contributed by atoms with Crippen LogP contribution in [-0.4, -0.2) is 25.1 Å². The van der Waals surface area contributed by atoms with Crippen LogP contribution in [0.4, 0.5) is 39.5 Å². The molecule has 0 unspecified atom stereocenters. The number of nitrogens with zero attached hydrogens (tertiary/aromatic N) is 5. The van der Waals surface area contributed by atoms with Crippen molar-refractivity contribution in [3.63, 3.8) is 0 Å². The van der Waals surface area contributed by atoms with E-state index in [0.29, 0.717) is 12.1 Å². The molecule has 0 aliphatic rings. The van der Waals surface area contributed by atoms with Gasteiger partial charge in [-0.1, -0.05) is 0 Å². The number of hydrogen-bond acceptors (Lipinski definition) is 6. The van der Waals surface area contributed by atoms with E-state index in [1.807, 2.05) is 0 Å². The first kappa shape index (κ1) is 26.0. The Morgan fingerprint density at radius 1 is 0.719 bits per heavy atom. The number of rotatable bonds is 4. The number of pyridine rings is 1. The molecular weight excluding hydrogens is 822 g/mol. The predicted octanol–water partition coefficient (Wildman–Crippen LogP) is -1.36. The summed E-state index contributed by atoms with van der Waals surface area (Å²) in [4.78, 5) is 11.3. The van der Waals surface area contributed by atoms with Crippen LogP contribution in [0.15, 0.2) is 18.2 Å². The molecule has 0 saturated heterocycles. The second-order valence-corrected chi connectivity index (χ2v) is 13.5. The van der Waals surface area contributed by atoms with Gasteiger partial charge >= 0.3 is 212 Å². The van der Waals surface area contributed by atoms with Gasteiger partial charge in [0.25, 0.3) is 0 Å².